The van der Waals surface area contributed by atoms with Crippen molar-refractivity contribution in [1.82, 2.24) is 4.90 Å². The summed E-state index contributed by atoms with van der Waals surface area (Å²) in [6.45, 7) is 6.71. The molecule has 0 unspecified atom stereocenters. The molecule has 16 heavy (non-hydrogen) atoms. The first-order valence-corrected chi connectivity index (χ1v) is 6.69. The standard InChI is InChI=1S/C12H15ClINO/c1-4-15(8(2)3)12(16)9-5-6-11(14)10(13)7-9/h5-8H,4H2,1-3H3. The first-order valence-electron chi connectivity index (χ1n) is 5.23. The Labute approximate surface area is 115 Å². The fourth-order valence-electron chi connectivity index (χ4n) is 1.54. The Morgan fingerprint density at radius 3 is 2.56 bits per heavy atom. The van der Waals surface area contributed by atoms with Gasteiger partial charge in [0.25, 0.3) is 5.91 Å². The van der Waals surface area contributed by atoms with Gasteiger partial charge in [0.1, 0.15) is 0 Å². The average molecular weight is 352 g/mol. The quantitative estimate of drug-likeness (QED) is 0.758. The molecule has 0 atom stereocenters. The van der Waals surface area contributed by atoms with E-state index in [1.165, 1.54) is 0 Å². The van der Waals surface area contributed by atoms with Gasteiger partial charge in [0, 0.05) is 21.7 Å². The summed E-state index contributed by atoms with van der Waals surface area (Å²) in [6.07, 6.45) is 0. The third kappa shape index (κ3) is 3.10. The second kappa shape index (κ2) is 5.87. The van der Waals surface area contributed by atoms with E-state index in [-0.39, 0.29) is 11.9 Å². The number of halogens is 2. The highest BCUT2D eigenvalue weighted by Gasteiger charge is 2.17. The lowest BCUT2D eigenvalue weighted by Gasteiger charge is -2.25. The summed E-state index contributed by atoms with van der Waals surface area (Å²) in [7, 11) is 0. The van der Waals surface area contributed by atoms with Crippen molar-refractivity contribution in [2.45, 2.75) is 26.8 Å². The van der Waals surface area contributed by atoms with Crippen molar-refractivity contribution in [3.63, 3.8) is 0 Å². The molecule has 0 fully saturated rings. The van der Waals surface area contributed by atoms with E-state index in [2.05, 4.69) is 22.6 Å². The zero-order valence-corrected chi connectivity index (χ0v) is 12.5. The number of rotatable bonds is 3. The molecule has 0 aliphatic carbocycles. The Hall–Kier alpha value is -0.290. The van der Waals surface area contributed by atoms with Gasteiger partial charge in [-0.25, -0.2) is 0 Å². The highest BCUT2D eigenvalue weighted by molar-refractivity contribution is 14.1. The lowest BCUT2D eigenvalue weighted by molar-refractivity contribution is 0.0717. The first kappa shape index (κ1) is 13.8. The zero-order valence-electron chi connectivity index (χ0n) is 9.63. The summed E-state index contributed by atoms with van der Waals surface area (Å²) in [5.41, 5.74) is 0.654. The molecule has 1 rings (SSSR count). The Balaban J connectivity index is 2.99. The van der Waals surface area contributed by atoms with Crippen LogP contribution in [0.5, 0.6) is 0 Å². The summed E-state index contributed by atoms with van der Waals surface area (Å²) >= 11 is 8.15. The summed E-state index contributed by atoms with van der Waals surface area (Å²) in [5, 5.41) is 0.631. The van der Waals surface area contributed by atoms with Crippen LogP contribution in [0.15, 0.2) is 18.2 Å². The van der Waals surface area contributed by atoms with Crippen molar-refractivity contribution >= 4 is 40.1 Å². The largest absolute Gasteiger partial charge is 0.337 e. The molecule has 0 saturated carbocycles. The molecule has 2 nitrogen and oxygen atoms in total. The highest BCUT2D eigenvalue weighted by atomic mass is 127. The van der Waals surface area contributed by atoms with Gasteiger partial charge in [-0.3, -0.25) is 4.79 Å². The van der Waals surface area contributed by atoms with Gasteiger partial charge < -0.3 is 4.90 Å². The van der Waals surface area contributed by atoms with E-state index in [0.717, 1.165) is 3.57 Å². The molecule has 0 spiro atoms. The van der Waals surface area contributed by atoms with E-state index < -0.39 is 0 Å². The van der Waals surface area contributed by atoms with Gasteiger partial charge in [-0.2, -0.15) is 0 Å². The van der Waals surface area contributed by atoms with E-state index in [1.54, 1.807) is 6.07 Å². The maximum absolute atomic E-state index is 12.1. The average Bonchev–Trinajstić information content (AvgIpc) is 2.22. The predicted molar refractivity (Wildman–Crippen MR) is 76.0 cm³/mol. The molecular weight excluding hydrogens is 336 g/mol. The van der Waals surface area contributed by atoms with Crippen LogP contribution in [0.3, 0.4) is 0 Å². The maximum Gasteiger partial charge on any atom is 0.254 e. The summed E-state index contributed by atoms with van der Waals surface area (Å²) in [6, 6.07) is 5.62. The van der Waals surface area contributed by atoms with Gasteiger partial charge in [-0.05, 0) is 61.6 Å². The van der Waals surface area contributed by atoms with Crippen LogP contribution in [0.2, 0.25) is 5.02 Å². The van der Waals surface area contributed by atoms with E-state index >= 15 is 0 Å². The fourth-order valence-corrected chi connectivity index (χ4v) is 2.05. The van der Waals surface area contributed by atoms with Crippen molar-refractivity contribution in [3.05, 3.63) is 32.4 Å². The van der Waals surface area contributed by atoms with Crippen LogP contribution in [0.4, 0.5) is 0 Å². The Kier molecular flexibility index (Phi) is 5.05. The molecular formula is C12H15ClINO. The van der Waals surface area contributed by atoms with Crippen LogP contribution >= 0.6 is 34.2 Å². The van der Waals surface area contributed by atoms with Crippen LogP contribution in [0.25, 0.3) is 0 Å². The number of hydrogen-bond acceptors (Lipinski definition) is 1. The number of carbonyl (C=O) groups is 1. The van der Waals surface area contributed by atoms with Gasteiger partial charge >= 0.3 is 0 Å². The van der Waals surface area contributed by atoms with E-state index in [1.807, 2.05) is 37.8 Å². The van der Waals surface area contributed by atoms with Crippen molar-refractivity contribution in [2.75, 3.05) is 6.54 Å². The molecule has 1 amide bonds. The van der Waals surface area contributed by atoms with Crippen LogP contribution in [-0.4, -0.2) is 23.4 Å². The van der Waals surface area contributed by atoms with E-state index in [9.17, 15) is 4.79 Å². The topological polar surface area (TPSA) is 20.3 Å². The van der Waals surface area contributed by atoms with Crippen LogP contribution < -0.4 is 0 Å². The lowest BCUT2D eigenvalue weighted by Crippen LogP contribution is -2.36. The van der Waals surface area contributed by atoms with Gasteiger partial charge in [-0.1, -0.05) is 11.6 Å². The monoisotopic (exact) mass is 351 g/mol. The molecule has 0 saturated heterocycles. The Morgan fingerprint density at radius 2 is 2.12 bits per heavy atom. The number of nitrogens with zero attached hydrogens (tertiary/aromatic N) is 1. The third-order valence-electron chi connectivity index (χ3n) is 2.39. The molecule has 0 aliphatic rings. The van der Waals surface area contributed by atoms with Gasteiger partial charge in [0.05, 0.1) is 5.02 Å². The summed E-state index contributed by atoms with van der Waals surface area (Å²) in [4.78, 5) is 14.0. The fraction of sp³-hybridized carbons (Fsp3) is 0.417. The van der Waals surface area contributed by atoms with Crippen molar-refractivity contribution in [1.29, 1.82) is 0 Å². The molecule has 0 N–H and O–H groups in total. The van der Waals surface area contributed by atoms with Crippen molar-refractivity contribution in [2.24, 2.45) is 0 Å². The minimum Gasteiger partial charge on any atom is -0.337 e. The number of amides is 1. The number of carbonyl (C=O) groups excluding carboxylic acids is 1. The summed E-state index contributed by atoms with van der Waals surface area (Å²) < 4.78 is 0.961. The molecule has 1 aromatic rings. The lowest BCUT2D eigenvalue weighted by atomic mass is 10.1. The molecule has 4 heteroatoms. The molecule has 0 radical (unpaired) electrons. The predicted octanol–water partition coefficient (Wildman–Crippen LogP) is 3.82. The van der Waals surface area contributed by atoms with Crippen LogP contribution in [-0.2, 0) is 0 Å². The van der Waals surface area contributed by atoms with Crippen LogP contribution in [0, 0.1) is 3.57 Å². The number of hydrogen-bond donors (Lipinski definition) is 0. The molecule has 0 aliphatic heterocycles. The smallest absolute Gasteiger partial charge is 0.254 e. The maximum atomic E-state index is 12.1. The van der Waals surface area contributed by atoms with Gasteiger partial charge in [-0.15, -0.1) is 0 Å². The second-order valence-corrected chi connectivity index (χ2v) is 5.38. The van der Waals surface area contributed by atoms with Crippen molar-refractivity contribution in [3.8, 4) is 0 Å². The van der Waals surface area contributed by atoms with Crippen LogP contribution in [0.1, 0.15) is 31.1 Å². The second-order valence-electron chi connectivity index (χ2n) is 3.81. The SMILES string of the molecule is CCN(C(=O)c1ccc(I)c(Cl)c1)C(C)C. The number of benzene rings is 1. The molecule has 0 bridgehead atoms. The normalized spacial score (nSPS) is 10.6. The first-order chi connectivity index (χ1) is 7.47. The Bertz CT molecular complexity index is 393. The van der Waals surface area contributed by atoms with Gasteiger partial charge in [0.2, 0.25) is 0 Å². The highest BCUT2D eigenvalue weighted by Crippen LogP contribution is 2.20. The summed E-state index contributed by atoms with van der Waals surface area (Å²) in [5.74, 6) is 0.0378. The molecule has 88 valence electrons. The molecule has 0 aromatic heterocycles. The van der Waals surface area contributed by atoms with Gasteiger partial charge in [0.15, 0.2) is 0 Å². The molecule has 0 heterocycles. The third-order valence-corrected chi connectivity index (χ3v) is 3.96. The minimum atomic E-state index is 0.0378. The van der Waals surface area contributed by atoms with Crippen molar-refractivity contribution < 1.29 is 4.79 Å². The Morgan fingerprint density at radius 1 is 1.50 bits per heavy atom. The van der Waals surface area contributed by atoms with E-state index in [0.29, 0.717) is 17.1 Å². The van der Waals surface area contributed by atoms with E-state index in [4.69, 9.17) is 11.6 Å². The zero-order chi connectivity index (χ0) is 12.3. The minimum absolute atomic E-state index is 0.0378. The molecule has 1 aromatic carbocycles.